The molecule has 24 heavy (non-hydrogen) atoms. The first-order valence-electron chi connectivity index (χ1n) is 7.68. The number of nitrogens with zero attached hydrogens (tertiary/aromatic N) is 2. The first kappa shape index (κ1) is 16.3. The van der Waals surface area contributed by atoms with Crippen molar-refractivity contribution in [3.8, 4) is 11.3 Å². The SMILES string of the molecule is CN(C)C(=O)C(Sc1ncc(-c2ccccc2)[nH]1)c1ccccc1. The number of benzene rings is 2. The molecule has 0 aliphatic rings. The van der Waals surface area contributed by atoms with E-state index in [9.17, 15) is 4.79 Å². The molecule has 0 saturated carbocycles. The molecule has 3 rings (SSSR count). The number of amides is 1. The van der Waals surface area contributed by atoms with Gasteiger partial charge in [0.25, 0.3) is 0 Å². The van der Waals surface area contributed by atoms with Gasteiger partial charge in [0, 0.05) is 14.1 Å². The minimum absolute atomic E-state index is 0.0452. The van der Waals surface area contributed by atoms with E-state index in [0.717, 1.165) is 22.0 Å². The summed E-state index contributed by atoms with van der Waals surface area (Å²) >= 11 is 1.44. The van der Waals surface area contributed by atoms with Crippen LogP contribution in [0.2, 0.25) is 0 Å². The highest BCUT2D eigenvalue weighted by molar-refractivity contribution is 8.00. The van der Waals surface area contributed by atoms with Crippen molar-refractivity contribution in [1.29, 1.82) is 0 Å². The van der Waals surface area contributed by atoms with Crippen molar-refractivity contribution in [3.63, 3.8) is 0 Å². The Hall–Kier alpha value is -2.53. The second-order valence-corrected chi connectivity index (χ2v) is 6.70. The summed E-state index contributed by atoms with van der Waals surface area (Å²) in [5.74, 6) is 0.0452. The fraction of sp³-hybridized carbons (Fsp3) is 0.158. The van der Waals surface area contributed by atoms with E-state index in [1.165, 1.54) is 11.8 Å². The van der Waals surface area contributed by atoms with Gasteiger partial charge >= 0.3 is 0 Å². The fourth-order valence-electron chi connectivity index (χ4n) is 2.36. The summed E-state index contributed by atoms with van der Waals surface area (Å²) in [5, 5.41) is 0.411. The van der Waals surface area contributed by atoms with E-state index in [4.69, 9.17) is 0 Å². The topological polar surface area (TPSA) is 49.0 Å². The van der Waals surface area contributed by atoms with Crippen LogP contribution in [0.5, 0.6) is 0 Å². The van der Waals surface area contributed by atoms with Crippen LogP contribution in [-0.4, -0.2) is 34.9 Å². The van der Waals surface area contributed by atoms with Crippen LogP contribution < -0.4 is 0 Å². The molecule has 0 aliphatic heterocycles. The predicted molar refractivity (Wildman–Crippen MR) is 97.8 cm³/mol. The Balaban J connectivity index is 1.86. The predicted octanol–water partition coefficient (Wildman–Crippen LogP) is 4.00. The van der Waals surface area contributed by atoms with Gasteiger partial charge in [-0.3, -0.25) is 4.79 Å². The van der Waals surface area contributed by atoms with Crippen molar-refractivity contribution in [2.75, 3.05) is 14.1 Å². The molecule has 1 atom stereocenters. The lowest BCUT2D eigenvalue weighted by molar-refractivity contribution is -0.128. The van der Waals surface area contributed by atoms with Gasteiger partial charge < -0.3 is 9.88 Å². The van der Waals surface area contributed by atoms with Crippen LogP contribution in [0.25, 0.3) is 11.3 Å². The minimum atomic E-state index is -0.323. The Bertz CT molecular complexity index is 800. The first-order valence-corrected chi connectivity index (χ1v) is 8.56. The number of hydrogen-bond acceptors (Lipinski definition) is 3. The standard InChI is InChI=1S/C19H19N3OS/c1-22(2)18(23)17(15-11-7-4-8-12-15)24-19-20-13-16(21-19)14-9-5-3-6-10-14/h3-13,17H,1-2H3,(H,20,21). The third-order valence-electron chi connectivity index (χ3n) is 3.63. The summed E-state index contributed by atoms with van der Waals surface area (Å²) in [5.41, 5.74) is 2.99. The van der Waals surface area contributed by atoms with Crippen LogP contribution >= 0.6 is 11.8 Å². The van der Waals surface area contributed by atoms with Crippen molar-refractivity contribution in [2.24, 2.45) is 0 Å². The number of carbonyl (C=O) groups excluding carboxylic acids is 1. The molecule has 4 nitrogen and oxygen atoms in total. The van der Waals surface area contributed by atoms with Gasteiger partial charge in [-0.05, 0) is 11.1 Å². The van der Waals surface area contributed by atoms with Crippen LogP contribution in [0, 0.1) is 0 Å². The maximum absolute atomic E-state index is 12.6. The summed E-state index contributed by atoms with van der Waals surface area (Å²) in [6.45, 7) is 0. The van der Waals surface area contributed by atoms with Crippen molar-refractivity contribution < 1.29 is 4.79 Å². The number of H-pyrrole nitrogens is 1. The van der Waals surface area contributed by atoms with Gasteiger partial charge in [0.1, 0.15) is 5.25 Å². The molecule has 0 saturated heterocycles. The number of aromatic nitrogens is 2. The number of carbonyl (C=O) groups is 1. The lowest BCUT2D eigenvalue weighted by Gasteiger charge is -2.19. The van der Waals surface area contributed by atoms with E-state index in [1.54, 1.807) is 25.2 Å². The molecule has 0 radical (unpaired) electrons. The van der Waals surface area contributed by atoms with Crippen LogP contribution in [0.4, 0.5) is 0 Å². The molecule has 3 aromatic rings. The molecule has 0 aliphatic carbocycles. The lowest BCUT2D eigenvalue weighted by Crippen LogP contribution is -2.26. The molecule has 0 fully saturated rings. The van der Waals surface area contributed by atoms with E-state index >= 15 is 0 Å². The molecule has 5 heteroatoms. The van der Waals surface area contributed by atoms with Gasteiger partial charge in [-0.25, -0.2) is 4.98 Å². The Labute approximate surface area is 145 Å². The molecule has 122 valence electrons. The zero-order valence-electron chi connectivity index (χ0n) is 13.6. The van der Waals surface area contributed by atoms with Crippen LogP contribution in [0.15, 0.2) is 72.0 Å². The Kier molecular flexibility index (Phi) is 5.01. The van der Waals surface area contributed by atoms with Gasteiger partial charge in [0.2, 0.25) is 5.91 Å². The maximum Gasteiger partial charge on any atom is 0.240 e. The number of aromatic amines is 1. The van der Waals surface area contributed by atoms with E-state index in [2.05, 4.69) is 9.97 Å². The second-order valence-electron chi connectivity index (χ2n) is 5.61. The van der Waals surface area contributed by atoms with E-state index in [0.29, 0.717) is 0 Å². The highest BCUT2D eigenvalue weighted by Crippen LogP contribution is 2.35. The summed E-state index contributed by atoms with van der Waals surface area (Å²) in [7, 11) is 3.55. The summed E-state index contributed by atoms with van der Waals surface area (Å²) < 4.78 is 0. The highest BCUT2D eigenvalue weighted by atomic mass is 32.2. The van der Waals surface area contributed by atoms with Crippen molar-refractivity contribution in [3.05, 3.63) is 72.4 Å². The number of likely N-dealkylation sites (N-methyl/N-ethyl adjacent to an activating group) is 1. The molecule has 1 amide bonds. The zero-order chi connectivity index (χ0) is 16.9. The molecule has 0 spiro atoms. The first-order chi connectivity index (χ1) is 11.6. The van der Waals surface area contributed by atoms with Crippen LogP contribution in [-0.2, 0) is 4.79 Å². The average Bonchev–Trinajstić information content (AvgIpc) is 3.09. The molecule has 2 aromatic carbocycles. The Morgan fingerprint density at radius 1 is 1.04 bits per heavy atom. The number of thioether (sulfide) groups is 1. The maximum atomic E-state index is 12.6. The van der Waals surface area contributed by atoms with Crippen molar-refractivity contribution in [1.82, 2.24) is 14.9 Å². The minimum Gasteiger partial charge on any atom is -0.348 e. The number of rotatable bonds is 5. The number of imidazole rings is 1. The smallest absolute Gasteiger partial charge is 0.240 e. The van der Waals surface area contributed by atoms with Crippen molar-refractivity contribution in [2.45, 2.75) is 10.4 Å². The van der Waals surface area contributed by atoms with Gasteiger partial charge in [0.15, 0.2) is 5.16 Å². The third kappa shape index (κ3) is 3.68. The largest absolute Gasteiger partial charge is 0.348 e. The molecule has 1 heterocycles. The molecule has 1 aromatic heterocycles. The Morgan fingerprint density at radius 3 is 2.29 bits per heavy atom. The van der Waals surface area contributed by atoms with Gasteiger partial charge in [0.05, 0.1) is 11.9 Å². The van der Waals surface area contributed by atoms with E-state index < -0.39 is 0 Å². The summed E-state index contributed by atoms with van der Waals surface area (Å²) in [4.78, 5) is 21.9. The molecule has 1 N–H and O–H groups in total. The lowest BCUT2D eigenvalue weighted by atomic mass is 10.1. The van der Waals surface area contributed by atoms with Crippen molar-refractivity contribution >= 4 is 17.7 Å². The van der Waals surface area contributed by atoms with Crippen LogP contribution in [0.3, 0.4) is 0 Å². The second kappa shape index (κ2) is 7.36. The number of nitrogens with one attached hydrogen (secondary N) is 1. The van der Waals surface area contributed by atoms with Gasteiger partial charge in [-0.1, -0.05) is 72.4 Å². The molecule has 0 bridgehead atoms. The zero-order valence-corrected chi connectivity index (χ0v) is 14.5. The Morgan fingerprint density at radius 2 is 1.67 bits per heavy atom. The van der Waals surface area contributed by atoms with E-state index in [-0.39, 0.29) is 11.2 Å². The monoisotopic (exact) mass is 337 g/mol. The number of hydrogen-bond donors (Lipinski definition) is 1. The molecular weight excluding hydrogens is 318 g/mol. The normalized spacial score (nSPS) is 11.9. The average molecular weight is 337 g/mol. The van der Waals surface area contributed by atoms with Crippen LogP contribution in [0.1, 0.15) is 10.8 Å². The van der Waals surface area contributed by atoms with Gasteiger partial charge in [-0.2, -0.15) is 0 Å². The quantitative estimate of drug-likeness (QED) is 0.716. The summed E-state index contributed by atoms with van der Waals surface area (Å²) in [6, 6.07) is 19.8. The molecular formula is C19H19N3OS. The summed E-state index contributed by atoms with van der Waals surface area (Å²) in [6.07, 6.45) is 1.81. The highest BCUT2D eigenvalue weighted by Gasteiger charge is 2.24. The fourth-order valence-corrected chi connectivity index (χ4v) is 3.47. The molecule has 1 unspecified atom stereocenters. The van der Waals surface area contributed by atoms with E-state index in [1.807, 2.05) is 60.7 Å². The third-order valence-corrected chi connectivity index (χ3v) is 4.77. The van der Waals surface area contributed by atoms with Gasteiger partial charge in [-0.15, -0.1) is 0 Å².